The molecule has 2 heterocycles. The molecule has 0 radical (unpaired) electrons. The van der Waals surface area contributed by atoms with Crippen molar-refractivity contribution in [3.63, 3.8) is 0 Å². The van der Waals surface area contributed by atoms with Crippen molar-refractivity contribution in [3.8, 4) is 0 Å². The van der Waals surface area contributed by atoms with Gasteiger partial charge in [0.15, 0.2) is 5.82 Å². The van der Waals surface area contributed by atoms with Crippen LogP contribution in [0.3, 0.4) is 0 Å². The normalized spacial score (nSPS) is 11.0. The lowest BCUT2D eigenvalue weighted by Crippen LogP contribution is -2.17. The second kappa shape index (κ2) is 7.72. The number of benzene rings is 1. The molecular weight excluding hydrogens is 509 g/mol. The van der Waals surface area contributed by atoms with Crippen LogP contribution in [0.15, 0.2) is 33.3 Å². The van der Waals surface area contributed by atoms with E-state index in [4.69, 9.17) is 23.2 Å². The Hall–Kier alpha value is -1.35. The molecule has 0 atom stereocenters. The lowest BCUT2D eigenvalue weighted by molar-refractivity contribution is 0.101. The molecule has 1 amide bonds. The summed E-state index contributed by atoms with van der Waals surface area (Å²) in [5.74, 6) is 0.0984. The minimum atomic E-state index is -0.310. The minimum Gasteiger partial charge on any atom is -0.303 e. The second-order valence-corrected chi connectivity index (χ2v) is 8.08. The molecule has 0 spiro atoms. The Labute approximate surface area is 176 Å². The summed E-state index contributed by atoms with van der Waals surface area (Å²) < 4.78 is 4.51. The average molecular weight is 522 g/mol. The molecule has 10 heteroatoms. The predicted octanol–water partition coefficient (Wildman–Crippen LogP) is 5.06. The summed E-state index contributed by atoms with van der Waals surface area (Å²) in [6, 6.07) is 5.29. The molecule has 0 unspecified atom stereocenters. The highest BCUT2D eigenvalue weighted by molar-refractivity contribution is 9.11. The molecule has 3 aromatic rings. The van der Waals surface area contributed by atoms with Gasteiger partial charge < -0.3 is 5.32 Å². The summed E-state index contributed by atoms with van der Waals surface area (Å²) in [5, 5.41) is 12.5. The van der Waals surface area contributed by atoms with Crippen LogP contribution >= 0.6 is 55.1 Å². The van der Waals surface area contributed by atoms with Gasteiger partial charge in [0.1, 0.15) is 5.69 Å². The number of hydrogen-bond donors (Lipinski definition) is 1. The fraction of sp³-hybridized carbons (Fsp3) is 0.188. The summed E-state index contributed by atoms with van der Waals surface area (Å²) in [7, 11) is 1.71. The number of aromatic nitrogens is 4. The fourth-order valence-corrected chi connectivity index (χ4v) is 3.83. The molecule has 0 fully saturated rings. The van der Waals surface area contributed by atoms with Crippen molar-refractivity contribution in [2.75, 3.05) is 5.32 Å². The van der Waals surface area contributed by atoms with E-state index in [1.807, 2.05) is 13.0 Å². The molecule has 0 saturated carbocycles. The zero-order chi connectivity index (χ0) is 19.0. The topological polar surface area (TPSA) is 64.7 Å². The van der Waals surface area contributed by atoms with E-state index < -0.39 is 0 Å². The highest BCUT2D eigenvalue weighted by Gasteiger charge is 2.20. The zero-order valence-corrected chi connectivity index (χ0v) is 18.4. The first-order valence-electron chi connectivity index (χ1n) is 7.43. The molecule has 1 N–H and O–H groups in total. The van der Waals surface area contributed by atoms with Gasteiger partial charge in [0.2, 0.25) is 0 Å². The number of rotatable bonds is 4. The van der Waals surface area contributed by atoms with Gasteiger partial charge in [-0.3, -0.25) is 14.2 Å². The zero-order valence-electron chi connectivity index (χ0n) is 13.7. The van der Waals surface area contributed by atoms with E-state index in [2.05, 4.69) is 47.4 Å². The van der Waals surface area contributed by atoms with E-state index in [0.717, 1.165) is 11.3 Å². The first-order chi connectivity index (χ1) is 12.3. The number of halogens is 4. The van der Waals surface area contributed by atoms with Crippen molar-refractivity contribution in [2.45, 2.75) is 13.5 Å². The Kier molecular flexibility index (Phi) is 5.76. The third-order valence-corrected chi connectivity index (χ3v) is 5.78. The quantitative estimate of drug-likeness (QED) is 0.522. The monoisotopic (exact) mass is 519 g/mol. The smallest absolute Gasteiger partial charge is 0.276 e. The SMILES string of the molecule is Cc1nn(C)c(C(=O)Nc2nn(Cc3ccc(Cl)cc3Cl)cc2Br)c1Br. The number of anilines is 1. The highest BCUT2D eigenvalue weighted by atomic mass is 79.9. The standard InChI is InChI=1S/C16H13Br2Cl2N5O/c1-8-13(18)14(24(2)22-8)16(26)21-15-11(17)7-25(23-15)6-9-3-4-10(19)5-12(9)20/h3-5,7H,6H2,1-2H3,(H,21,23,26). The number of carbonyl (C=O) groups excluding carboxylic acids is 1. The van der Waals surface area contributed by atoms with E-state index in [9.17, 15) is 4.79 Å². The largest absolute Gasteiger partial charge is 0.303 e. The number of hydrogen-bond acceptors (Lipinski definition) is 3. The molecule has 136 valence electrons. The summed E-state index contributed by atoms with van der Waals surface area (Å²) in [6.45, 7) is 2.26. The first-order valence-corrected chi connectivity index (χ1v) is 9.77. The van der Waals surface area contributed by atoms with Crippen LogP contribution in [-0.2, 0) is 13.6 Å². The number of carbonyl (C=O) groups is 1. The van der Waals surface area contributed by atoms with Crippen molar-refractivity contribution in [3.05, 3.63) is 60.3 Å². The maximum absolute atomic E-state index is 12.6. The van der Waals surface area contributed by atoms with E-state index in [-0.39, 0.29) is 5.91 Å². The van der Waals surface area contributed by atoms with Gasteiger partial charge in [0.25, 0.3) is 5.91 Å². The van der Waals surface area contributed by atoms with E-state index in [0.29, 0.717) is 37.0 Å². The molecule has 0 saturated heterocycles. The van der Waals surface area contributed by atoms with Gasteiger partial charge in [-0.05, 0) is 56.5 Å². The number of aryl methyl sites for hydroxylation is 2. The van der Waals surface area contributed by atoms with E-state index in [1.165, 1.54) is 4.68 Å². The molecular formula is C16H13Br2Cl2N5O. The van der Waals surface area contributed by atoms with Crippen LogP contribution in [0.2, 0.25) is 10.0 Å². The van der Waals surface area contributed by atoms with Crippen molar-refractivity contribution in [1.29, 1.82) is 0 Å². The number of nitrogens with one attached hydrogen (secondary N) is 1. The van der Waals surface area contributed by atoms with Crippen molar-refractivity contribution < 1.29 is 4.79 Å². The summed E-state index contributed by atoms with van der Waals surface area (Å²) in [6.07, 6.45) is 1.77. The average Bonchev–Trinajstić information content (AvgIpc) is 3.01. The molecule has 1 aromatic carbocycles. The Morgan fingerprint density at radius 3 is 2.62 bits per heavy atom. The number of amides is 1. The van der Waals surface area contributed by atoms with Crippen molar-refractivity contribution >= 4 is 66.8 Å². The summed E-state index contributed by atoms with van der Waals surface area (Å²) in [5.41, 5.74) is 2.03. The van der Waals surface area contributed by atoms with Crippen LogP contribution in [0.1, 0.15) is 21.7 Å². The lowest BCUT2D eigenvalue weighted by atomic mass is 10.2. The molecule has 0 aliphatic rings. The van der Waals surface area contributed by atoms with E-state index >= 15 is 0 Å². The van der Waals surface area contributed by atoms with Crippen LogP contribution in [-0.4, -0.2) is 25.5 Å². The van der Waals surface area contributed by atoms with Crippen LogP contribution in [0.25, 0.3) is 0 Å². The van der Waals surface area contributed by atoms with Gasteiger partial charge in [-0.2, -0.15) is 10.2 Å². The van der Waals surface area contributed by atoms with Gasteiger partial charge in [0, 0.05) is 23.3 Å². The van der Waals surface area contributed by atoms with Gasteiger partial charge in [-0.25, -0.2) is 0 Å². The minimum absolute atomic E-state index is 0.310. The Balaban J connectivity index is 1.81. The third-order valence-electron chi connectivity index (χ3n) is 3.66. The van der Waals surface area contributed by atoms with Gasteiger partial charge in [-0.15, -0.1) is 0 Å². The maximum atomic E-state index is 12.6. The molecule has 6 nitrogen and oxygen atoms in total. The Morgan fingerprint density at radius 1 is 1.27 bits per heavy atom. The predicted molar refractivity (Wildman–Crippen MR) is 109 cm³/mol. The van der Waals surface area contributed by atoms with E-state index in [1.54, 1.807) is 30.1 Å². The number of nitrogens with zero attached hydrogens (tertiary/aromatic N) is 4. The second-order valence-electron chi connectivity index (χ2n) is 5.58. The van der Waals surface area contributed by atoms with Crippen LogP contribution in [0.5, 0.6) is 0 Å². The highest BCUT2D eigenvalue weighted by Crippen LogP contribution is 2.26. The summed E-state index contributed by atoms with van der Waals surface area (Å²) in [4.78, 5) is 12.6. The Morgan fingerprint density at radius 2 is 2.00 bits per heavy atom. The molecule has 3 rings (SSSR count). The molecule has 2 aromatic heterocycles. The molecule has 0 aliphatic carbocycles. The van der Waals surface area contributed by atoms with Gasteiger partial charge in [0.05, 0.1) is 21.2 Å². The first kappa shape index (κ1) is 19.4. The van der Waals surface area contributed by atoms with Crippen molar-refractivity contribution in [2.24, 2.45) is 7.05 Å². The van der Waals surface area contributed by atoms with Crippen LogP contribution < -0.4 is 5.32 Å². The van der Waals surface area contributed by atoms with Crippen LogP contribution in [0.4, 0.5) is 5.82 Å². The van der Waals surface area contributed by atoms with Crippen molar-refractivity contribution in [1.82, 2.24) is 19.6 Å². The van der Waals surface area contributed by atoms with Crippen LogP contribution in [0, 0.1) is 6.92 Å². The Bertz CT molecular complexity index is 999. The lowest BCUT2D eigenvalue weighted by Gasteiger charge is -2.06. The molecule has 0 bridgehead atoms. The fourth-order valence-electron chi connectivity index (χ4n) is 2.43. The van der Waals surface area contributed by atoms with Gasteiger partial charge in [-0.1, -0.05) is 29.3 Å². The molecule has 26 heavy (non-hydrogen) atoms. The third kappa shape index (κ3) is 3.98. The summed E-state index contributed by atoms with van der Waals surface area (Å²) >= 11 is 18.9. The maximum Gasteiger partial charge on any atom is 0.276 e. The molecule has 0 aliphatic heterocycles. The van der Waals surface area contributed by atoms with Gasteiger partial charge >= 0.3 is 0 Å².